The predicted octanol–water partition coefficient (Wildman–Crippen LogP) is -0.585. The second-order valence-electron chi connectivity index (χ2n) is 5.02. The largest absolute Gasteiger partial charge is 0.369 e. The Bertz CT molecular complexity index is 331. The van der Waals surface area contributed by atoms with Gasteiger partial charge >= 0.3 is 0 Å². The third kappa shape index (κ3) is 2.57. The van der Waals surface area contributed by atoms with Gasteiger partial charge in [0.15, 0.2) is 0 Å². The topological polar surface area (TPSA) is 75.4 Å². The highest BCUT2D eigenvalue weighted by Gasteiger charge is 2.42. The number of primary amides is 1. The van der Waals surface area contributed by atoms with E-state index in [4.69, 9.17) is 5.73 Å². The third-order valence-corrected chi connectivity index (χ3v) is 4.66. The molecule has 2 saturated heterocycles. The lowest BCUT2D eigenvalue weighted by atomic mass is 9.89. The highest BCUT2D eigenvalue weighted by atomic mass is 32.2. The molecule has 2 fully saturated rings. The van der Waals surface area contributed by atoms with E-state index in [2.05, 4.69) is 5.32 Å². The molecule has 0 aromatic rings. The molecule has 0 aromatic heterocycles. The standard InChI is InChI=1S/C11H19N3O2S/c1-11(10(12)16)2-4-14(7-11)9(15)8-6-17-5-3-13-8/h8,13H,2-7H2,1H3,(H2,12,16). The number of thioether (sulfide) groups is 1. The number of hydrogen-bond donors (Lipinski definition) is 2. The highest BCUT2D eigenvalue weighted by Crippen LogP contribution is 2.30. The smallest absolute Gasteiger partial charge is 0.240 e. The summed E-state index contributed by atoms with van der Waals surface area (Å²) in [7, 11) is 0. The van der Waals surface area contributed by atoms with E-state index in [1.165, 1.54) is 0 Å². The van der Waals surface area contributed by atoms with Crippen molar-refractivity contribution in [2.24, 2.45) is 11.1 Å². The number of amides is 2. The Morgan fingerprint density at radius 1 is 1.53 bits per heavy atom. The van der Waals surface area contributed by atoms with Crippen LogP contribution in [0.4, 0.5) is 0 Å². The van der Waals surface area contributed by atoms with Crippen molar-refractivity contribution in [1.82, 2.24) is 10.2 Å². The third-order valence-electron chi connectivity index (χ3n) is 3.60. The summed E-state index contributed by atoms with van der Waals surface area (Å²) < 4.78 is 0. The quantitative estimate of drug-likeness (QED) is 0.694. The fourth-order valence-corrected chi connectivity index (χ4v) is 3.22. The maximum Gasteiger partial charge on any atom is 0.240 e. The van der Waals surface area contributed by atoms with E-state index in [1.54, 1.807) is 16.7 Å². The van der Waals surface area contributed by atoms with Crippen LogP contribution in [0.2, 0.25) is 0 Å². The number of rotatable bonds is 2. The molecule has 2 heterocycles. The first-order valence-corrected chi connectivity index (χ1v) is 7.08. The van der Waals surface area contributed by atoms with Gasteiger partial charge in [-0.3, -0.25) is 9.59 Å². The van der Waals surface area contributed by atoms with E-state index >= 15 is 0 Å². The lowest BCUT2D eigenvalue weighted by molar-refractivity contribution is -0.133. The molecule has 3 N–H and O–H groups in total. The molecule has 2 rings (SSSR count). The summed E-state index contributed by atoms with van der Waals surface area (Å²) in [5, 5.41) is 3.22. The van der Waals surface area contributed by atoms with Crippen LogP contribution in [0, 0.1) is 5.41 Å². The van der Waals surface area contributed by atoms with Gasteiger partial charge < -0.3 is 16.0 Å². The van der Waals surface area contributed by atoms with Gasteiger partial charge in [-0.2, -0.15) is 11.8 Å². The van der Waals surface area contributed by atoms with Crippen molar-refractivity contribution in [2.45, 2.75) is 19.4 Å². The van der Waals surface area contributed by atoms with Crippen LogP contribution in [0.25, 0.3) is 0 Å². The normalized spacial score (nSPS) is 33.7. The van der Waals surface area contributed by atoms with Gasteiger partial charge in [-0.1, -0.05) is 0 Å². The van der Waals surface area contributed by atoms with Gasteiger partial charge in [0, 0.05) is 31.1 Å². The van der Waals surface area contributed by atoms with Crippen LogP contribution < -0.4 is 11.1 Å². The number of nitrogens with two attached hydrogens (primary N) is 1. The van der Waals surface area contributed by atoms with E-state index in [-0.39, 0.29) is 17.9 Å². The first-order valence-electron chi connectivity index (χ1n) is 5.93. The fraction of sp³-hybridized carbons (Fsp3) is 0.818. The lowest BCUT2D eigenvalue weighted by Crippen LogP contribution is -2.50. The molecule has 2 aliphatic rings. The summed E-state index contributed by atoms with van der Waals surface area (Å²) in [4.78, 5) is 25.3. The molecule has 2 amide bonds. The Morgan fingerprint density at radius 2 is 2.29 bits per heavy atom. The first kappa shape index (κ1) is 12.7. The molecule has 0 bridgehead atoms. The van der Waals surface area contributed by atoms with Crippen molar-refractivity contribution in [2.75, 3.05) is 31.1 Å². The second-order valence-corrected chi connectivity index (χ2v) is 6.17. The lowest BCUT2D eigenvalue weighted by Gasteiger charge is -2.28. The molecule has 0 aliphatic carbocycles. The first-order chi connectivity index (χ1) is 8.03. The van der Waals surface area contributed by atoms with Gasteiger partial charge in [0.05, 0.1) is 11.5 Å². The van der Waals surface area contributed by atoms with Crippen LogP contribution in [0.15, 0.2) is 0 Å². The SMILES string of the molecule is CC1(C(N)=O)CCN(C(=O)C2CSCCN2)C1. The molecule has 2 aliphatic heterocycles. The van der Waals surface area contributed by atoms with Crippen LogP contribution in [0.1, 0.15) is 13.3 Å². The van der Waals surface area contributed by atoms with E-state index in [0.717, 1.165) is 18.1 Å². The van der Waals surface area contributed by atoms with Crippen molar-refractivity contribution >= 4 is 23.6 Å². The molecule has 5 nitrogen and oxygen atoms in total. The van der Waals surface area contributed by atoms with Gasteiger partial charge in [0.25, 0.3) is 0 Å². The Labute approximate surface area is 105 Å². The molecule has 0 saturated carbocycles. The zero-order chi connectivity index (χ0) is 12.5. The van der Waals surface area contributed by atoms with Crippen molar-refractivity contribution in [1.29, 1.82) is 0 Å². The average molecular weight is 257 g/mol. The number of carbonyl (C=O) groups excluding carboxylic acids is 2. The number of likely N-dealkylation sites (tertiary alicyclic amines) is 1. The van der Waals surface area contributed by atoms with Crippen LogP contribution in [-0.4, -0.2) is 53.9 Å². The van der Waals surface area contributed by atoms with E-state index in [1.807, 2.05) is 6.92 Å². The second kappa shape index (κ2) is 4.86. The molecule has 6 heteroatoms. The van der Waals surface area contributed by atoms with Crippen molar-refractivity contribution in [3.63, 3.8) is 0 Å². The maximum absolute atomic E-state index is 12.2. The predicted molar refractivity (Wildman–Crippen MR) is 67.6 cm³/mol. The zero-order valence-corrected chi connectivity index (χ0v) is 10.9. The van der Waals surface area contributed by atoms with E-state index < -0.39 is 5.41 Å². The molecule has 2 unspecified atom stereocenters. The van der Waals surface area contributed by atoms with E-state index in [9.17, 15) is 9.59 Å². The summed E-state index contributed by atoms with van der Waals surface area (Å²) in [5.74, 6) is 1.69. The molecule has 96 valence electrons. The van der Waals surface area contributed by atoms with Gasteiger partial charge in [-0.15, -0.1) is 0 Å². The number of hydrogen-bond acceptors (Lipinski definition) is 4. The summed E-state index contributed by atoms with van der Waals surface area (Å²) in [6.45, 7) is 3.82. The molecule has 2 atom stereocenters. The number of nitrogens with zero attached hydrogens (tertiary/aromatic N) is 1. The van der Waals surface area contributed by atoms with Crippen molar-refractivity contribution in [3.8, 4) is 0 Å². The molecule has 0 spiro atoms. The molecule has 17 heavy (non-hydrogen) atoms. The van der Waals surface area contributed by atoms with Crippen LogP contribution in [-0.2, 0) is 9.59 Å². The summed E-state index contributed by atoms with van der Waals surface area (Å²) in [5.41, 5.74) is 4.83. The van der Waals surface area contributed by atoms with Crippen molar-refractivity contribution in [3.05, 3.63) is 0 Å². The number of carbonyl (C=O) groups is 2. The van der Waals surface area contributed by atoms with Gasteiger partial charge in [-0.25, -0.2) is 0 Å². The Hall–Kier alpha value is -0.750. The Morgan fingerprint density at radius 3 is 2.82 bits per heavy atom. The fourth-order valence-electron chi connectivity index (χ4n) is 2.29. The monoisotopic (exact) mass is 257 g/mol. The number of nitrogens with one attached hydrogen (secondary N) is 1. The summed E-state index contributed by atoms with van der Waals surface area (Å²) in [6.07, 6.45) is 0.675. The minimum absolute atomic E-state index is 0.0935. The molecular weight excluding hydrogens is 238 g/mol. The highest BCUT2D eigenvalue weighted by molar-refractivity contribution is 7.99. The zero-order valence-electron chi connectivity index (χ0n) is 10.1. The Kier molecular flexibility index (Phi) is 3.63. The van der Waals surface area contributed by atoms with Crippen LogP contribution >= 0.6 is 11.8 Å². The van der Waals surface area contributed by atoms with Gasteiger partial charge in [-0.05, 0) is 13.3 Å². The molecule has 0 aromatic carbocycles. The van der Waals surface area contributed by atoms with Crippen LogP contribution in [0.5, 0.6) is 0 Å². The minimum atomic E-state index is -0.544. The van der Waals surface area contributed by atoms with E-state index in [0.29, 0.717) is 19.5 Å². The molecule has 0 radical (unpaired) electrons. The van der Waals surface area contributed by atoms with Gasteiger partial charge in [0.1, 0.15) is 0 Å². The minimum Gasteiger partial charge on any atom is -0.369 e. The molecular formula is C11H19N3O2S. The summed E-state index contributed by atoms with van der Waals surface area (Å²) in [6, 6.07) is -0.0935. The van der Waals surface area contributed by atoms with Crippen molar-refractivity contribution < 1.29 is 9.59 Å². The van der Waals surface area contributed by atoms with Gasteiger partial charge in [0.2, 0.25) is 11.8 Å². The summed E-state index contributed by atoms with van der Waals surface area (Å²) >= 11 is 1.79. The Balaban J connectivity index is 1.95. The average Bonchev–Trinajstić information content (AvgIpc) is 2.74. The van der Waals surface area contributed by atoms with Crippen LogP contribution in [0.3, 0.4) is 0 Å². The maximum atomic E-state index is 12.2.